The van der Waals surface area contributed by atoms with Crippen LogP contribution < -0.4 is 5.69 Å². The highest BCUT2D eigenvalue weighted by Gasteiger charge is 2.17. The van der Waals surface area contributed by atoms with Crippen LogP contribution >= 0.6 is 0 Å². The second-order valence-electron chi connectivity index (χ2n) is 6.39. The van der Waals surface area contributed by atoms with Crippen LogP contribution in [0.15, 0.2) is 101 Å². The largest absolute Gasteiger partial charge is 0.367 e. The van der Waals surface area contributed by atoms with Crippen molar-refractivity contribution in [2.75, 3.05) is 0 Å². The van der Waals surface area contributed by atoms with Gasteiger partial charge in [0.15, 0.2) is 11.6 Å². The molecule has 0 N–H and O–H groups in total. The van der Waals surface area contributed by atoms with Crippen molar-refractivity contribution in [3.8, 4) is 11.4 Å². The molecule has 0 saturated heterocycles. The normalized spacial score (nSPS) is 11.0. The number of benzene rings is 3. The molecule has 0 amide bonds. The average molecular weight is 382 g/mol. The molecule has 29 heavy (non-hydrogen) atoms. The third-order valence-electron chi connectivity index (χ3n) is 4.36. The highest BCUT2D eigenvalue weighted by atomic mass is 16.2. The molecule has 1 heterocycles. The average Bonchev–Trinajstić information content (AvgIpc) is 3.09. The van der Waals surface area contributed by atoms with Crippen molar-refractivity contribution in [3.63, 3.8) is 0 Å². The van der Waals surface area contributed by atoms with E-state index in [9.17, 15) is 9.59 Å². The molecule has 6 nitrogen and oxygen atoms in total. The number of ketones is 1. The van der Waals surface area contributed by atoms with Gasteiger partial charge in [-0.3, -0.25) is 4.79 Å². The minimum Gasteiger partial charge on any atom is -0.292 e. The molecule has 0 bridgehead atoms. The molecule has 6 heteroatoms. The molecule has 3 aromatic carbocycles. The van der Waals surface area contributed by atoms with E-state index >= 15 is 0 Å². The van der Waals surface area contributed by atoms with Crippen molar-refractivity contribution in [2.45, 2.75) is 6.54 Å². The van der Waals surface area contributed by atoms with E-state index in [-0.39, 0.29) is 12.3 Å². The fourth-order valence-corrected chi connectivity index (χ4v) is 2.89. The lowest BCUT2D eigenvalue weighted by Gasteiger charge is -1.99. The van der Waals surface area contributed by atoms with Crippen LogP contribution in [0.5, 0.6) is 0 Å². The van der Waals surface area contributed by atoms with Crippen LogP contribution in [-0.2, 0) is 6.54 Å². The standard InChI is InChI=1S/C23H18N4O2/c28-21(19-12-6-2-7-13-19)17-26-23(29)27(24-16-18-10-4-1-5-11-18)22(25-26)20-14-8-3-9-15-20/h1-16H,17H2. The summed E-state index contributed by atoms with van der Waals surface area (Å²) in [5, 5.41) is 8.73. The van der Waals surface area contributed by atoms with Gasteiger partial charge in [-0.1, -0.05) is 91.0 Å². The Labute approximate surface area is 167 Å². The summed E-state index contributed by atoms with van der Waals surface area (Å²) in [6.45, 7) is -0.156. The summed E-state index contributed by atoms with van der Waals surface area (Å²) in [5.74, 6) is 0.188. The maximum atomic E-state index is 12.9. The molecule has 0 aliphatic rings. The van der Waals surface area contributed by atoms with Crippen molar-refractivity contribution in [1.29, 1.82) is 0 Å². The molecule has 0 aliphatic carbocycles. The van der Waals surface area contributed by atoms with Gasteiger partial charge in [-0.15, -0.1) is 5.10 Å². The van der Waals surface area contributed by atoms with Crippen molar-refractivity contribution < 1.29 is 4.79 Å². The smallest absolute Gasteiger partial charge is 0.292 e. The van der Waals surface area contributed by atoms with Crippen LogP contribution in [0.2, 0.25) is 0 Å². The molecule has 0 unspecified atom stereocenters. The summed E-state index contributed by atoms with van der Waals surface area (Å²) < 4.78 is 2.38. The van der Waals surface area contributed by atoms with Crippen molar-refractivity contribution in [3.05, 3.63) is 113 Å². The number of hydrogen-bond acceptors (Lipinski definition) is 4. The fourth-order valence-electron chi connectivity index (χ4n) is 2.89. The van der Waals surface area contributed by atoms with Crippen molar-refractivity contribution >= 4 is 12.0 Å². The molecule has 0 fully saturated rings. The second kappa shape index (κ2) is 8.31. The Morgan fingerprint density at radius 2 is 1.45 bits per heavy atom. The zero-order valence-electron chi connectivity index (χ0n) is 15.6. The predicted molar refractivity (Wildman–Crippen MR) is 112 cm³/mol. The van der Waals surface area contributed by atoms with Gasteiger partial charge in [-0.05, 0) is 5.56 Å². The SMILES string of the molecule is O=C(Cn1nc(-c2ccccc2)n(N=Cc2ccccc2)c1=O)c1ccccc1. The molecule has 0 aliphatic heterocycles. The lowest BCUT2D eigenvalue weighted by atomic mass is 10.1. The number of hydrogen-bond donors (Lipinski definition) is 0. The van der Waals surface area contributed by atoms with Crippen molar-refractivity contribution in [1.82, 2.24) is 14.5 Å². The van der Waals surface area contributed by atoms with E-state index in [0.29, 0.717) is 11.4 Å². The highest BCUT2D eigenvalue weighted by molar-refractivity contribution is 5.95. The lowest BCUT2D eigenvalue weighted by Crippen LogP contribution is -2.26. The van der Waals surface area contributed by atoms with E-state index < -0.39 is 5.69 Å². The van der Waals surface area contributed by atoms with Crippen LogP contribution in [0.3, 0.4) is 0 Å². The first-order valence-electron chi connectivity index (χ1n) is 9.15. The molecule has 4 rings (SSSR count). The number of carbonyl (C=O) groups excluding carboxylic acids is 1. The van der Waals surface area contributed by atoms with Gasteiger partial charge in [0.2, 0.25) is 0 Å². The Balaban J connectivity index is 1.74. The summed E-state index contributed by atoms with van der Waals surface area (Å²) in [4.78, 5) is 25.5. The Hall–Kier alpha value is -4.06. The molecular formula is C23H18N4O2. The Morgan fingerprint density at radius 1 is 0.862 bits per heavy atom. The van der Waals surface area contributed by atoms with E-state index in [0.717, 1.165) is 15.8 Å². The first kappa shape index (κ1) is 18.3. The maximum absolute atomic E-state index is 12.9. The number of Topliss-reactive ketones (excluding diaryl/α,β-unsaturated/α-hetero) is 1. The summed E-state index contributed by atoms with van der Waals surface area (Å²) in [7, 11) is 0. The molecule has 0 radical (unpaired) electrons. The monoisotopic (exact) mass is 382 g/mol. The molecule has 4 aromatic rings. The van der Waals surface area contributed by atoms with E-state index in [1.807, 2.05) is 66.7 Å². The third-order valence-corrected chi connectivity index (χ3v) is 4.36. The Bertz CT molecular complexity index is 1190. The van der Waals surface area contributed by atoms with E-state index in [4.69, 9.17) is 0 Å². The molecule has 1 aromatic heterocycles. The quantitative estimate of drug-likeness (QED) is 0.379. The Kier molecular flexibility index (Phi) is 5.25. The minimum absolute atomic E-state index is 0.156. The predicted octanol–water partition coefficient (Wildman–Crippen LogP) is 3.48. The van der Waals surface area contributed by atoms with Gasteiger partial charge < -0.3 is 0 Å². The maximum Gasteiger partial charge on any atom is 0.367 e. The lowest BCUT2D eigenvalue weighted by molar-refractivity contribution is 0.0966. The molecule has 0 atom stereocenters. The van der Waals surface area contributed by atoms with Gasteiger partial charge in [-0.25, -0.2) is 9.48 Å². The number of aromatic nitrogens is 3. The number of carbonyl (C=O) groups is 1. The van der Waals surface area contributed by atoms with Crippen LogP contribution in [0.4, 0.5) is 0 Å². The first-order chi connectivity index (χ1) is 14.2. The van der Waals surface area contributed by atoms with Gasteiger partial charge in [0.05, 0.1) is 6.21 Å². The fraction of sp³-hybridized carbons (Fsp3) is 0.0435. The van der Waals surface area contributed by atoms with E-state index in [2.05, 4.69) is 10.2 Å². The van der Waals surface area contributed by atoms with Gasteiger partial charge in [0.25, 0.3) is 0 Å². The highest BCUT2D eigenvalue weighted by Crippen LogP contribution is 2.15. The molecule has 0 saturated carbocycles. The van der Waals surface area contributed by atoms with Crippen LogP contribution in [0.1, 0.15) is 15.9 Å². The van der Waals surface area contributed by atoms with Crippen molar-refractivity contribution in [2.24, 2.45) is 5.10 Å². The summed E-state index contributed by atoms with van der Waals surface area (Å²) in [6, 6.07) is 27.6. The van der Waals surface area contributed by atoms with Crippen LogP contribution in [0.25, 0.3) is 11.4 Å². The third kappa shape index (κ3) is 4.11. The Morgan fingerprint density at radius 3 is 2.10 bits per heavy atom. The van der Waals surface area contributed by atoms with Gasteiger partial charge in [-0.2, -0.15) is 9.78 Å². The molecule has 142 valence electrons. The van der Waals surface area contributed by atoms with E-state index in [1.54, 1.807) is 30.5 Å². The zero-order valence-corrected chi connectivity index (χ0v) is 15.6. The first-order valence-corrected chi connectivity index (χ1v) is 9.15. The van der Waals surface area contributed by atoms with Gasteiger partial charge in [0.1, 0.15) is 6.54 Å². The second-order valence-corrected chi connectivity index (χ2v) is 6.39. The van der Waals surface area contributed by atoms with Gasteiger partial charge in [0, 0.05) is 11.1 Å². The van der Waals surface area contributed by atoms with Crippen LogP contribution in [0, 0.1) is 0 Å². The van der Waals surface area contributed by atoms with Gasteiger partial charge >= 0.3 is 5.69 Å². The zero-order chi connectivity index (χ0) is 20.1. The summed E-state index contributed by atoms with van der Waals surface area (Å²) >= 11 is 0. The summed E-state index contributed by atoms with van der Waals surface area (Å²) in [5.41, 5.74) is 1.65. The van der Waals surface area contributed by atoms with Crippen LogP contribution in [-0.4, -0.2) is 26.5 Å². The molecular weight excluding hydrogens is 364 g/mol. The topological polar surface area (TPSA) is 69.2 Å². The summed E-state index contributed by atoms with van der Waals surface area (Å²) in [6.07, 6.45) is 1.60. The van der Waals surface area contributed by atoms with E-state index in [1.165, 1.54) is 4.68 Å². The number of nitrogens with zero attached hydrogens (tertiary/aromatic N) is 4. The number of rotatable bonds is 6. The molecule has 0 spiro atoms. The minimum atomic E-state index is -0.472.